The smallest absolute Gasteiger partial charge is 0.410 e. The van der Waals surface area contributed by atoms with E-state index < -0.39 is 24.2 Å². The van der Waals surface area contributed by atoms with E-state index in [0.29, 0.717) is 48.3 Å². The number of carbonyl (C=O) groups is 1. The van der Waals surface area contributed by atoms with Gasteiger partial charge in [-0.05, 0) is 29.8 Å². The molecule has 1 N–H and O–H groups in total. The van der Waals surface area contributed by atoms with Crippen LogP contribution in [0.25, 0.3) is 0 Å². The third kappa shape index (κ3) is 4.41. The monoisotopic (exact) mass is 533 g/mol. The molecule has 0 saturated carbocycles. The number of halogens is 4. The molecule has 3 aliphatic rings. The Kier molecular flexibility index (Phi) is 5.82. The topological polar surface area (TPSA) is 71.9 Å². The van der Waals surface area contributed by atoms with Crippen LogP contribution < -0.4 is 19.7 Å². The number of piperazine rings is 1. The summed E-state index contributed by atoms with van der Waals surface area (Å²) >= 11 is 6.30. The average molecular weight is 534 g/mol. The zero-order chi connectivity index (χ0) is 25.7. The number of para-hydroxylation sites is 1. The number of fused-ring (bicyclic) bond motifs is 2. The third-order valence-corrected chi connectivity index (χ3v) is 7.29. The van der Waals surface area contributed by atoms with Gasteiger partial charge < -0.3 is 24.6 Å². The van der Waals surface area contributed by atoms with Gasteiger partial charge in [0.2, 0.25) is 6.79 Å². The number of anilines is 2. The van der Waals surface area contributed by atoms with Crippen molar-refractivity contribution < 1.29 is 27.4 Å². The molecule has 2 atom stereocenters. The molecule has 194 valence electrons. The molecule has 0 bridgehead atoms. The summed E-state index contributed by atoms with van der Waals surface area (Å²) in [4.78, 5) is 16.9. The van der Waals surface area contributed by atoms with Gasteiger partial charge in [-0.2, -0.15) is 18.3 Å². The van der Waals surface area contributed by atoms with Gasteiger partial charge in [-0.3, -0.25) is 4.79 Å². The van der Waals surface area contributed by atoms with Crippen LogP contribution in [0.5, 0.6) is 11.5 Å². The molecule has 2 unspecified atom stereocenters. The van der Waals surface area contributed by atoms with E-state index in [-0.39, 0.29) is 24.7 Å². The van der Waals surface area contributed by atoms with Crippen LogP contribution in [0.4, 0.5) is 24.7 Å². The number of aromatic nitrogens is 2. The zero-order valence-corrected chi connectivity index (χ0v) is 20.3. The van der Waals surface area contributed by atoms with Crippen molar-refractivity contribution in [1.29, 1.82) is 0 Å². The summed E-state index contributed by atoms with van der Waals surface area (Å²) in [6.45, 7) is 1.99. The largest absolute Gasteiger partial charge is 0.454 e. The Labute approximate surface area is 215 Å². The fraction of sp³-hybridized carbons (Fsp3) is 0.360. The Balaban J connectivity index is 1.22. The second-order valence-electron chi connectivity index (χ2n) is 9.19. The summed E-state index contributed by atoms with van der Waals surface area (Å²) in [6, 6.07) is 11.4. The van der Waals surface area contributed by atoms with Crippen LogP contribution in [0.2, 0.25) is 5.02 Å². The first-order chi connectivity index (χ1) is 17.8. The number of ether oxygens (including phenoxy) is 2. The van der Waals surface area contributed by atoms with E-state index in [9.17, 15) is 18.0 Å². The molecule has 1 aromatic heterocycles. The Morgan fingerprint density at radius 1 is 1.03 bits per heavy atom. The van der Waals surface area contributed by atoms with Crippen LogP contribution in [0.3, 0.4) is 0 Å². The minimum Gasteiger partial charge on any atom is -0.454 e. The van der Waals surface area contributed by atoms with E-state index in [1.807, 2.05) is 24.3 Å². The Morgan fingerprint density at radius 3 is 2.54 bits per heavy atom. The average Bonchev–Trinajstić information content (AvgIpc) is 3.54. The molecule has 3 aromatic rings. The maximum atomic E-state index is 14.1. The van der Waals surface area contributed by atoms with E-state index in [0.717, 1.165) is 10.4 Å². The third-order valence-electron chi connectivity index (χ3n) is 6.97. The fourth-order valence-electron chi connectivity index (χ4n) is 5.05. The second-order valence-corrected chi connectivity index (χ2v) is 9.60. The van der Waals surface area contributed by atoms with Crippen LogP contribution in [-0.2, 0) is 0 Å². The number of alkyl halides is 3. The quantitative estimate of drug-likeness (QED) is 0.517. The van der Waals surface area contributed by atoms with Gasteiger partial charge in [-0.25, -0.2) is 4.68 Å². The molecule has 4 heterocycles. The van der Waals surface area contributed by atoms with Gasteiger partial charge >= 0.3 is 6.18 Å². The first-order valence-corrected chi connectivity index (χ1v) is 12.3. The second kappa shape index (κ2) is 9.05. The van der Waals surface area contributed by atoms with Gasteiger partial charge in [0.25, 0.3) is 5.91 Å². The van der Waals surface area contributed by atoms with Gasteiger partial charge in [0.15, 0.2) is 23.2 Å². The van der Waals surface area contributed by atoms with Crippen molar-refractivity contribution in [2.45, 2.75) is 24.7 Å². The fourth-order valence-corrected chi connectivity index (χ4v) is 5.30. The SMILES string of the molecule is O=C(c1cc2n(n1)C(C(F)(F)F)CC(c1ccc3c(c1)OCO3)N2)N1CCN(c2ccccc2Cl)CC1. The first kappa shape index (κ1) is 23.8. The lowest BCUT2D eigenvalue weighted by molar-refractivity contribution is -0.173. The minimum atomic E-state index is -4.54. The van der Waals surface area contributed by atoms with E-state index in [1.165, 1.54) is 6.07 Å². The predicted octanol–water partition coefficient (Wildman–Crippen LogP) is 4.89. The summed E-state index contributed by atoms with van der Waals surface area (Å²) < 4.78 is 53.8. The highest BCUT2D eigenvalue weighted by molar-refractivity contribution is 6.33. The van der Waals surface area contributed by atoms with Crippen molar-refractivity contribution in [2.24, 2.45) is 0 Å². The molecule has 6 rings (SSSR count). The highest BCUT2D eigenvalue weighted by Gasteiger charge is 2.47. The molecular weight excluding hydrogens is 511 g/mol. The molecule has 1 saturated heterocycles. The van der Waals surface area contributed by atoms with Gasteiger partial charge in [-0.15, -0.1) is 0 Å². The van der Waals surface area contributed by atoms with Crippen LogP contribution in [-0.4, -0.2) is 59.7 Å². The molecular formula is C25H23ClF3N5O3. The number of rotatable bonds is 3. The van der Waals surface area contributed by atoms with Crippen molar-refractivity contribution in [3.05, 3.63) is 64.8 Å². The zero-order valence-electron chi connectivity index (χ0n) is 19.5. The van der Waals surface area contributed by atoms with Crippen molar-refractivity contribution in [3.8, 4) is 11.5 Å². The number of carbonyl (C=O) groups excluding carboxylic acids is 1. The molecule has 0 radical (unpaired) electrons. The normalized spacial score (nSPS) is 21.0. The van der Waals surface area contributed by atoms with Crippen molar-refractivity contribution in [3.63, 3.8) is 0 Å². The number of nitrogens with zero attached hydrogens (tertiary/aromatic N) is 4. The van der Waals surface area contributed by atoms with Crippen LogP contribution in [0, 0.1) is 0 Å². The van der Waals surface area contributed by atoms with Crippen molar-refractivity contribution in [2.75, 3.05) is 43.2 Å². The van der Waals surface area contributed by atoms with Crippen molar-refractivity contribution in [1.82, 2.24) is 14.7 Å². The molecule has 8 nitrogen and oxygen atoms in total. The Hall–Kier alpha value is -3.60. The lowest BCUT2D eigenvalue weighted by Crippen LogP contribution is -2.49. The maximum Gasteiger partial charge on any atom is 0.410 e. The minimum absolute atomic E-state index is 0.0192. The summed E-state index contributed by atoms with van der Waals surface area (Å²) in [5.74, 6) is 0.797. The van der Waals surface area contributed by atoms with Gasteiger partial charge in [0.05, 0.1) is 16.8 Å². The van der Waals surface area contributed by atoms with Gasteiger partial charge in [-0.1, -0.05) is 29.8 Å². The lowest BCUT2D eigenvalue weighted by atomic mass is 9.96. The molecule has 2 aromatic carbocycles. The highest BCUT2D eigenvalue weighted by Crippen LogP contribution is 2.45. The maximum absolute atomic E-state index is 14.1. The molecule has 0 spiro atoms. The summed E-state index contributed by atoms with van der Waals surface area (Å²) in [5, 5.41) is 7.87. The lowest BCUT2D eigenvalue weighted by Gasteiger charge is -2.36. The van der Waals surface area contributed by atoms with Crippen LogP contribution in [0.15, 0.2) is 48.5 Å². The van der Waals surface area contributed by atoms with E-state index in [2.05, 4.69) is 15.3 Å². The number of hydrogen-bond donors (Lipinski definition) is 1. The van der Waals surface area contributed by atoms with Gasteiger partial charge in [0, 0.05) is 38.7 Å². The van der Waals surface area contributed by atoms with E-state index >= 15 is 0 Å². The first-order valence-electron chi connectivity index (χ1n) is 11.9. The Bertz CT molecular complexity index is 1340. The standard InChI is InChI=1S/C25H23ClF3N5O3/c26-16-3-1-2-4-19(16)32-7-9-33(10-8-32)24(35)18-13-23-30-17(12-22(25(27,28)29)34(23)31-18)15-5-6-20-21(11-15)37-14-36-20/h1-6,11,13,17,22,30H,7-10,12,14H2. The number of benzene rings is 2. The number of nitrogens with one attached hydrogen (secondary N) is 1. The molecule has 37 heavy (non-hydrogen) atoms. The van der Waals surface area contributed by atoms with Crippen molar-refractivity contribution >= 4 is 29.0 Å². The van der Waals surface area contributed by atoms with Crippen LogP contribution >= 0.6 is 11.6 Å². The molecule has 12 heteroatoms. The summed E-state index contributed by atoms with van der Waals surface area (Å²) in [5.41, 5.74) is 1.50. The van der Waals surface area contributed by atoms with Gasteiger partial charge in [0.1, 0.15) is 5.82 Å². The number of hydrogen-bond acceptors (Lipinski definition) is 6. The number of amides is 1. The predicted molar refractivity (Wildman–Crippen MR) is 130 cm³/mol. The summed E-state index contributed by atoms with van der Waals surface area (Å²) in [6.07, 6.45) is -4.82. The molecule has 1 amide bonds. The van der Waals surface area contributed by atoms with E-state index in [1.54, 1.807) is 23.1 Å². The Morgan fingerprint density at radius 2 is 1.78 bits per heavy atom. The highest BCUT2D eigenvalue weighted by atomic mass is 35.5. The molecule has 1 fully saturated rings. The molecule has 0 aliphatic carbocycles. The van der Waals surface area contributed by atoms with E-state index in [4.69, 9.17) is 21.1 Å². The van der Waals surface area contributed by atoms with Crippen LogP contribution in [0.1, 0.15) is 34.6 Å². The summed E-state index contributed by atoms with van der Waals surface area (Å²) in [7, 11) is 0. The molecule has 3 aliphatic heterocycles.